The van der Waals surface area contributed by atoms with Crippen LogP contribution < -0.4 is 10.1 Å². The summed E-state index contributed by atoms with van der Waals surface area (Å²) in [7, 11) is 2.60. The van der Waals surface area contributed by atoms with Crippen molar-refractivity contribution in [3.63, 3.8) is 0 Å². The van der Waals surface area contributed by atoms with Crippen molar-refractivity contribution < 1.29 is 27.5 Å². The molecule has 0 aliphatic rings. The van der Waals surface area contributed by atoms with Crippen molar-refractivity contribution in [1.29, 1.82) is 0 Å². The number of hydrogen-bond acceptors (Lipinski definition) is 5. The van der Waals surface area contributed by atoms with E-state index in [-0.39, 0.29) is 33.7 Å². The SMILES string of the molecule is CO/N=C(/CNC(=O)c1ccccc1C(F)(F)F)c1ncc(Cl)c(OC)c1Cl. The highest BCUT2D eigenvalue weighted by molar-refractivity contribution is 6.39. The molecule has 2 rings (SSSR count). The van der Waals surface area contributed by atoms with Gasteiger partial charge in [0.05, 0.1) is 31.0 Å². The number of pyridine rings is 1. The van der Waals surface area contributed by atoms with Gasteiger partial charge in [-0.1, -0.05) is 40.5 Å². The average molecular weight is 436 g/mol. The van der Waals surface area contributed by atoms with Crippen molar-refractivity contribution in [3.8, 4) is 5.75 Å². The minimum Gasteiger partial charge on any atom is -0.493 e. The molecule has 1 aromatic heterocycles. The molecule has 11 heteroatoms. The van der Waals surface area contributed by atoms with Crippen LogP contribution in [-0.4, -0.2) is 37.4 Å². The molecule has 0 saturated carbocycles. The lowest BCUT2D eigenvalue weighted by molar-refractivity contribution is -0.137. The summed E-state index contributed by atoms with van der Waals surface area (Å²) in [6, 6.07) is 4.42. The summed E-state index contributed by atoms with van der Waals surface area (Å²) < 4.78 is 44.4. The number of carbonyl (C=O) groups is 1. The first kappa shape index (κ1) is 21.8. The van der Waals surface area contributed by atoms with E-state index in [0.717, 1.165) is 12.1 Å². The Hall–Kier alpha value is -2.52. The van der Waals surface area contributed by atoms with Crippen LogP contribution in [0.1, 0.15) is 21.6 Å². The zero-order valence-electron chi connectivity index (χ0n) is 14.6. The predicted octanol–water partition coefficient (Wildman–Crippen LogP) is 4.20. The Kier molecular flexibility index (Phi) is 7.09. The molecule has 0 fully saturated rings. The number of ether oxygens (including phenoxy) is 1. The molecular weight excluding hydrogens is 422 g/mol. The third-order valence-corrected chi connectivity index (χ3v) is 4.12. The number of amides is 1. The lowest BCUT2D eigenvalue weighted by Gasteiger charge is -2.14. The first-order valence-corrected chi connectivity index (χ1v) is 8.39. The number of oxime groups is 1. The molecule has 0 atom stereocenters. The molecule has 6 nitrogen and oxygen atoms in total. The zero-order valence-corrected chi connectivity index (χ0v) is 16.1. The highest BCUT2D eigenvalue weighted by Gasteiger charge is 2.34. The van der Waals surface area contributed by atoms with E-state index in [0.29, 0.717) is 0 Å². The van der Waals surface area contributed by atoms with Gasteiger partial charge in [0.15, 0.2) is 5.75 Å². The van der Waals surface area contributed by atoms with Gasteiger partial charge in [-0.05, 0) is 12.1 Å². The molecule has 0 aliphatic carbocycles. The van der Waals surface area contributed by atoms with Crippen molar-refractivity contribution in [1.82, 2.24) is 10.3 Å². The number of alkyl halides is 3. The lowest BCUT2D eigenvalue weighted by atomic mass is 10.1. The van der Waals surface area contributed by atoms with Gasteiger partial charge in [-0.2, -0.15) is 13.2 Å². The molecule has 2 aromatic rings. The van der Waals surface area contributed by atoms with E-state index in [1.54, 1.807) is 0 Å². The van der Waals surface area contributed by atoms with Crippen LogP contribution in [0.5, 0.6) is 5.75 Å². The quantitative estimate of drug-likeness (QED) is 0.545. The number of nitrogens with one attached hydrogen (secondary N) is 1. The van der Waals surface area contributed by atoms with E-state index >= 15 is 0 Å². The molecule has 0 aliphatic heterocycles. The van der Waals surface area contributed by atoms with Crippen LogP contribution in [0.15, 0.2) is 35.6 Å². The van der Waals surface area contributed by atoms with Gasteiger partial charge in [-0.3, -0.25) is 9.78 Å². The third kappa shape index (κ3) is 4.85. The molecule has 0 spiro atoms. The van der Waals surface area contributed by atoms with Crippen molar-refractivity contribution in [2.75, 3.05) is 20.8 Å². The number of carbonyl (C=O) groups excluding carboxylic acids is 1. The molecule has 0 radical (unpaired) electrons. The molecule has 1 aromatic carbocycles. The van der Waals surface area contributed by atoms with E-state index in [4.69, 9.17) is 32.8 Å². The van der Waals surface area contributed by atoms with Crippen molar-refractivity contribution >= 4 is 34.8 Å². The maximum atomic E-state index is 13.1. The van der Waals surface area contributed by atoms with E-state index < -0.39 is 23.2 Å². The Morgan fingerprint density at radius 2 is 1.93 bits per heavy atom. The normalized spacial score (nSPS) is 11.9. The largest absolute Gasteiger partial charge is 0.493 e. The summed E-state index contributed by atoms with van der Waals surface area (Å²) in [5, 5.41) is 6.24. The summed E-state index contributed by atoms with van der Waals surface area (Å²) in [6.45, 7) is -0.309. The Bertz CT molecular complexity index is 905. The standard InChI is InChI=1S/C17H14Cl2F3N3O3/c1-27-15-11(18)7-23-14(13(15)19)12(25-28-2)8-24-16(26)9-5-3-4-6-10(9)17(20,21)22/h3-7H,8H2,1-2H3,(H,24,26)/b25-12-. The number of benzene rings is 1. The second-order valence-electron chi connectivity index (χ2n) is 5.25. The molecule has 150 valence electrons. The molecule has 1 amide bonds. The van der Waals surface area contributed by atoms with Crippen molar-refractivity contribution in [3.05, 3.63) is 57.3 Å². The molecule has 0 bridgehead atoms. The Morgan fingerprint density at radius 3 is 2.54 bits per heavy atom. The number of aromatic nitrogens is 1. The van der Waals surface area contributed by atoms with Gasteiger partial charge >= 0.3 is 6.18 Å². The summed E-state index contributed by atoms with van der Waals surface area (Å²) in [4.78, 5) is 21.1. The minimum absolute atomic E-state index is 0.00995. The van der Waals surface area contributed by atoms with Crippen LogP contribution in [0, 0.1) is 0 Å². The van der Waals surface area contributed by atoms with Crippen molar-refractivity contribution in [2.24, 2.45) is 5.16 Å². The number of methoxy groups -OCH3 is 1. The van der Waals surface area contributed by atoms with Gasteiger partial charge in [0.25, 0.3) is 5.91 Å². The Morgan fingerprint density at radius 1 is 1.25 bits per heavy atom. The maximum absolute atomic E-state index is 13.1. The Labute approximate surface area is 168 Å². The van der Waals surface area contributed by atoms with Gasteiger partial charge in [0, 0.05) is 0 Å². The topological polar surface area (TPSA) is 72.8 Å². The van der Waals surface area contributed by atoms with Gasteiger partial charge in [-0.15, -0.1) is 0 Å². The fourth-order valence-corrected chi connectivity index (χ4v) is 2.90. The van der Waals surface area contributed by atoms with E-state index in [9.17, 15) is 18.0 Å². The maximum Gasteiger partial charge on any atom is 0.417 e. The number of halogens is 5. The fraction of sp³-hybridized carbons (Fsp3) is 0.235. The second kappa shape index (κ2) is 9.11. The predicted molar refractivity (Wildman–Crippen MR) is 98.1 cm³/mol. The van der Waals surface area contributed by atoms with E-state index in [1.165, 1.54) is 32.5 Å². The van der Waals surface area contributed by atoms with E-state index in [1.807, 2.05) is 0 Å². The lowest BCUT2D eigenvalue weighted by Crippen LogP contribution is -2.32. The number of rotatable bonds is 6. The first-order valence-electron chi connectivity index (χ1n) is 7.63. The third-order valence-electron chi connectivity index (χ3n) is 3.50. The van der Waals surface area contributed by atoms with Crippen LogP contribution >= 0.6 is 23.2 Å². The summed E-state index contributed by atoms with van der Waals surface area (Å²) in [5.74, 6) is -0.820. The number of hydrogen-bond donors (Lipinski definition) is 1. The zero-order chi connectivity index (χ0) is 20.9. The minimum atomic E-state index is -4.67. The number of nitrogens with zero attached hydrogens (tertiary/aromatic N) is 2. The van der Waals surface area contributed by atoms with Crippen LogP contribution in [0.3, 0.4) is 0 Å². The fourth-order valence-electron chi connectivity index (χ4n) is 2.29. The summed E-state index contributed by atoms with van der Waals surface area (Å²) >= 11 is 12.1. The van der Waals surface area contributed by atoms with Crippen LogP contribution in [0.2, 0.25) is 10.0 Å². The molecule has 1 heterocycles. The summed E-state index contributed by atoms with van der Waals surface area (Å²) in [5.41, 5.74) is -1.43. The van der Waals surface area contributed by atoms with Crippen LogP contribution in [0.25, 0.3) is 0 Å². The summed E-state index contributed by atoms with van der Waals surface area (Å²) in [6.07, 6.45) is -3.42. The molecule has 0 saturated heterocycles. The monoisotopic (exact) mass is 435 g/mol. The van der Waals surface area contributed by atoms with Gasteiger partial charge < -0.3 is 14.9 Å². The smallest absolute Gasteiger partial charge is 0.417 e. The highest BCUT2D eigenvalue weighted by Crippen LogP contribution is 2.34. The molecule has 0 unspecified atom stereocenters. The second-order valence-corrected chi connectivity index (χ2v) is 6.03. The molecule has 1 N–H and O–H groups in total. The molecule has 28 heavy (non-hydrogen) atoms. The first-order chi connectivity index (χ1) is 13.2. The van der Waals surface area contributed by atoms with Crippen molar-refractivity contribution in [2.45, 2.75) is 6.18 Å². The van der Waals surface area contributed by atoms with Gasteiger partial charge in [0.2, 0.25) is 0 Å². The van der Waals surface area contributed by atoms with E-state index in [2.05, 4.69) is 15.5 Å². The van der Waals surface area contributed by atoms with Gasteiger partial charge in [0.1, 0.15) is 28.6 Å². The average Bonchev–Trinajstić information content (AvgIpc) is 2.65. The molecular formula is C17H14Cl2F3N3O3. The Balaban J connectivity index is 2.29. The highest BCUT2D eigenvalue weighted by atomic mass is 35.5. The van der Waals surface area contributed by atoms with Crippen LogP contribution in [0.4, 0.5) is 13.2 Å². The van der Waals surface area contributed by atoms with Gasteiger partial charge in [-0.25, -0.2) is 0 Å². The van der Waals surface area contributed by atoms with Crippen LogP contribution in [-0.2, 0) is 11.0 Å².